The second-order valence-electron chi connectivity index (χ2n) is 5.19. The molecule has 4 nitrogen and oxygen atoms in total. The van der Waals surface area contributed by atoms with E-state index in [-0.39, 0.29) is 6.04 Å². The van der Waals surface area contributed by atoms with E-state index in [4.69, 9.17) is 0 Å². The summed E-state index contributed by atoms with van der Waals surface area (Å²) < 4.78 is 25.3. The first-order valence-electron chi connectivity index (χ1n) is 6.62. The van der Waals surface area contributed by atoms with Crippen LogP contribution in [0.5, 0.6) is 0 Å². The monoisotopic (exact) mass is 320 g/mol. The first-order valence-corrected chi connectivity index (χ1v) is 9.35. The second kappa shape index (κ2) is 5.27. The van der Waals surface area contributed by atoms with Crippen LogP contribution >= 0.6 is 11.3 Å². The maximum absolute atomic E-state index is 12.0. The van der Waals surface area contributed by atoms with E-state index in [0.717, 1.165) is 21.7 Å². The third kappa shape index (κ3) is 2.87. The minimum absolute atomic E-state index is 0.252. The number of benzene rings is 1. The zero-order valence-electron chi connectivity index (χ0n) is 11.9. The zero-order chi connectivity index (χ0) is 15.0. The SMILES string of the molecule is Cc1ccc([C@@H]2CC(c3cccs3)=NN2S(C)(=O)=O)cc1. The summed E-state index contributed by atoms with van der Waals surface area (Å²) in [7, 11) is -3.38. The molecule has 1 aliphatic heterocycles. The Hall–Kier alpha value is -1.66. The van der Waals surface area contributed by atoms with Crippen molar-refractivity contribution in [3.8, 4) is 0 Å². The summed E-state index contributed by atoms with van der Waals surface area (Å²) in [5.74, 6) is 0. The minimum Gasteiger partial charge on any atom is -0.205 e. The van der Waals surface area contributed by atoms with Gasteiger partial charge in [0.1, 0.15) is 0 Å². The van der Waals surface area contributed by atoms with Crippen LogP contribution < -0.4 is 0 Å². The first kappa shape index (κ1) is 14.3. The normalized spacial score (nSPS) is 18.9. The van der Waals surface area contributed by atoms with Crippen LogP contribution in [0.2, 0.25) is 0 Å². The van der Waals surface area contributed by atoms with E-state index < -0.39 is 10.0 Å². The number of aryl methyl sites for hydroxylation is 1. The van der Waals surface area contributed by atoms with E-state index in [9.17, 15) is 8.42 Å². The zero-order valence-corrected chi connectivity index (χ0v) is 13.5. The van der Waals surface area contributed by atoms with Crippen LogP contribution in [0, 0.1) is 6.92 Å². The van der Waals surface area contributed by atoms with Crippen LogP contribution in [0.25, 0.3) is 0 Å². The number of nitrogens with zero attached hydrogens (tertiary/aromatic N) is 2. The van der Waals surface area contributed by atoms with E-state index in [1.54, 1.807) is 11.3 Å². The van der Waals surface area contributed by atoms with E-state index in [2.05, 4.69) is 5.10 Å². The topological polar surface area (TPSA) is 49.7 Å². The Morgan fingerprint density at radius 3 is 2.52 bits per heavy atom. The van der Waals surface area contributed by atoms with Gasteiger partial charge in [0.25, 0.3) is 0 Å². The van der Waals surface area contributed by atoms with Gasteiger partial charge in [-0.15, -0.1) is 11.3 Å². The highest BCUT2D eigenvalue weighted by Crippen LogP contribution is 2.35. The maximum Gasteiger partial charge on any atom is 0.247 e. The molecule has 1 aromatic heterocycles. The largest absolute Gasteiger partial charge is 0.247 e. The van der Waals surface area contributed by atoms with Crippen molar-refractivity contribution in [3.63, 3.8) is 0 Å². The standard InChI is InChI=1S/C15H16N2O2S2/c1-11-5-7-12(8-6-11)14-10-13(15-4-3-9-20-15)16-17(14)21(2,18)19/h3-9,14H,10H2,1-2H3/t14-/m0/s1. The summed E-state index contributed by atoms with van der Waals surface area (Å²) in [6.45, 7) is 2.01. The molecule has 1 aliphatic rings. The predicted molar refractivity (Wildman–Crippen MR) is 86.1 cm³/mol. The Labute approximate surface area is 128 Å². The van der Waals surface area contributed by atoms with Gasteiger partial charge in [-0.3, -0.25) is 0 Å². The molecule has 0 saturated carbocycles. The van der Waals surface area contributed by atoms with Gasteiger partial charge < -0.3 is 0 Å². The van der Waals surface area contributed by atoms with Gasteiger partial charge in [-0.25, -0.2) is 8.42 Å². The fraction of sp³-hybridized carbons (Fsp3) is 0.267. The molecule has 2 aromatic rings. The summed E-state index contributed by atoms with van der Waals surface area (Å²) in [4.78, 5) is 1.03. The number of hydrogen-bond acceptors (Lipinski definition) is 4. The summed E-state index contributed by atoms with van der Waals surface area (Å²) >= 11 is 1.58. The van der Waals surface area contributed by atoms with Crippen LogP contribution in [0.3, 0.4) is 0 Å². The van der Waals surface area contributed by atoms with Crippen molar-refractivity contribution in [2.75, 3.05) is 6.26 Å². The van der Waals surface area contributed by atoms with Crippen LogP contribution in [0.1, 0.15) is 28.5 Å². The average Bonchev–Trinajstić information content (AvgIpc) is 3.07. The molecule has 21 heavy (non-hydrogen) atoms. The molecule has 3 rings (SSSR count). The Bertz CT molecular complexity index is 763. The van der Waals surface area contributed by atoms with Crippen LogP contribution in [-0.4, -0.2) is 24.8 Å². The van der Waals surface area contributed by atoms with Gasteiger partial charge in [0, 0.05) is 6.42 Å². The van der Waals surface area contributed by atoms with Gasteiger partial charge >= 0.3 is 0 Å². The number of hydrazone groups is 1. The first-order chi connectivity index (χ1) is 9.95. The van der Waals surface area contributed by atoms with Crippen molar-refractivity contribution >= 4 is 27.1 Å². The smallest absolute Gasteiger partial charge is 0.205 e. The molecule has 110 valence electrons. The molecular formula is C15H16N2O2S2. The lowest BCUT2D eigenvalue weighted by Gasteiger charge is -2.21. The maximum atomic E-state index is 12.0. The molecule has 0 saturated heterocycles. The fourth-order valence-electron chi connectivity index (χ4n) is 2.42. The highest BCUT2D eigenvalue weighted by molar-refractivity contribution is 7.88. The number of sulfonamides is 1. The fourth-order valence-corrected chi connectivity index (χ4v) is 4.05. The van der Waals surface area contributed by atoms with Crippen molar-refractivity contribution in [2.24, 2.45) is 5.10 Å². The third-order valence-corrected chi connectivity index (χ3v) is 5.41. The molecule has 0 N–H and O–H groups in total. The van der Waals surface area contributed by atoms with Gasteiger partial charge in [-0.2, -0.15) is 9.52 Å². The minimum atomic E-state index is -3.38. The van der Waals surface area contributed by atoms with Gasteiger partial charge in [0.05, 0.1) is 22.9 Å². The lowest BCUT2D eigenvalue weighted by molar-refractivity contribution is 0.375. The summed E-state index contributed by atoms with van der Waals surface area (Å²) in [6, 6.07) is 11.6. The van der Waals surface area contributed by atoms with Crippen molar-refractivity contribution in [1.82, 2.24) is 4.41 Å². The summed E-state index contributed by atoms with van der Waals surface area (Å²) in [6.07, 6.45) is 1.81. The molecule has 2 heterocycles. The van der Waals surface area contributed by atoms with Gasteiger partial charge in [0.15, 0.2) is 0 Å². The molecule has 0 radical (unpaired) electrons. The molecular weight excluding hydrogens is 304 g/mol. The lowest BCUT2D eigenvalue weighted by Crippen LogP contribution is -2.25. The molecule has 0 aliphatic carbocycles. The summed E-state index contributed by atoms with van der Waals surface area (Å²) in [5.41, 5.74) is 2.96. The highest BCUT2D eigenvalue weighted by atomic mass is 32.2. The molecule has 1 aromatic carbocycles. The molecule has 1 atom stereocenters. The molecule has 0 fully saturated rings. The number of rotatable bonds is 3. The quantitative estimate of drug-likeness (QED) is 0.872. The van der Waals surface area contributed by atoms with Gasteiger partial charge in [0.2, 0.25) is 10.0 Å². The lowest BCUT2D eigenvalue weighted by atomic mass is 10.0. The van der Waals surface area contributed by atoms with E-state index >= 15 is 0 Å². The van der Waals surface area contributed by atoms with Crippen LogP contribution in [0.15, 0.2) is 46.9 Å². The van der Waals surface area contributed by atoms with Crippen LogP contribution in [0.4, 0.5) is 0 Å². The number of thiophene rings is 1. The second-order valence-corrected chi connectivity index (χ2v) is 7.98. The van der Waals surface area contributed by atoms with Gasteiger partial charge in [-0.05, 0) is 23.9 Å². The van der Waals surface area contributed by atoms with E-state index in [1.165, 1.54) is 10.7 Å². The molecule has 0 amide bonds. The molecule has 6 heteroatoms. The summed E-state index contributed by atoms with van der Waals surface area (Å²) in [5, 5.41) is 6.33. The van der Waals surface area contributed by atoms with Crippen molar-refractivity contribution in [2.45, 2.75) is 19.4 Å². The Morgan fingerprint density at radius 2 is 1.95 bits per heavy atom. The Morgan fingerprint density at radius 1 is 1.24 bits per heavy atom. The molecule has 0 unspecified atom stereocenters. The van der Waals surface area contributed by atoms with Crippen LogP contribution in [-0.2, 0) is 10.0 Å². The van der Waals surface area contributed by atoms with E-state index in [1.807, 2.05) is 48.7 Å². The average molecular weight is 320 g/mol. The van der Waals surface area contributed by atoms with Crippen molar-refractivity contribution < 1.29 is 8.42 Å². The Kier molecular flexibility index (Phi) is 3.59. The van der Waals surface area contributed by atoms with Crippen molar-refractivity contribution in [3.05, 3.63) is 57.8 Å². The predicted octanol–water partition coefficient (Wildman–Crippen LogP) is 3.17. The van der Waals surface area contributed by atoms with Gasteiger partial charge in [-0.1, -0.05) is 35.9 Å². The van der Waals surface area contributed by atoms with Crippen molar-refractivity contribution in [1.29, 1.82) is 0 Å². The molecule has 0 bridgehead atoms. The number of hydrogen-bond donors (Lipinski definition) is 0. The third-order valence-electron chi connectivity index (χ3n) is 3.48. The molecule has 0 spiro atoms. The van der Waals surface area contributed by atoms with E-state index in [0.29, 0.717) is 6.42 Å². The highest BCUT2D eigenvalue weighted by Gasteiger charge is 2.34. The Balaban J connectivity index is 2.00.